The summed E-state index contributed by atoms with van der Waals surface area (Å²) in [5, 5.41) is 0. The number of ether oxygens (including phenoxy) is 1. The summed E-state index contributed by atoms with van der Waals surface area (Å²) in [4.78, 5) is 29.1. The Morgan fingerprint density at radius 2 is 1.88 bits per heavy atom. The van der Waals surface area contributed by atoms with Crippen molar-refractivity contribution in [2.75, 3.05) is 13.1 Å². The number of aromatic nitrogens is 1. The number of amides is 1. The van der Waals surface area contributed by atoms with E-state index in [2.05, 4.69) is 4.98 Å². The Morgan fingerprint density at radius 1 is 1.12 bits per heavy atom. The first-order valence-electron chi connectivity index (χ1n) is 8.14. The Balaban J connectivity index is 1.51. The highest BCUT2D eigenvalue weighted by molar-refractivity contribution is 5.71. The van der Waals surface area contributed by atoms with Crippen molar-refractivity contribution in [1.82, 2.24) is 9.88 Å². The van der Waals surface area contributed by atoms with E-state index in [1.807, 2.05) is 42.5 Å². The molecule has 3 rings (SSSR count). The second kappa shape index (κ2) is 7.73. The maximum absolute atomic E-state index is 12.2. The molecule has 0 radical (unpaired) electrons. The summed E-state index contributed by atoms with van der Waals surface area (Å²) in [6.45, 7) is 1.58. The van der Waals surface area contributed by atoms with Gasteiger partial charge in [0, 0.05) is 24.7 Å². The average Bonchev–Trinajstić information content (AvgIpc) is 2.67. The average molecular weight is 324 g/mol. The summed E-state index contributed by atoms with van der Waals surface area (Å²) in [5.41, 5.74) is 2.37. The van der Waals surface area contributed by atoms with Crippen LogP contribution in [0.3, 0.4) is 0 Å². The van der Waals surface area contributed by atoms with Crippen LogP contribution in [-0.2, 0) is 11.3 Å². The Labute approximate surface area is 141 Å². The number of nitrogens with zero attached hydrogens (tertiary/aromatic N) is 2. The molecule has 1 aromatic carbocycles. The number of pyridine rings is 1. The second-order valence-corrected chi connectivity index (χ2v) is 5.91. The fraction of sp³-hybridized carbons (Fsp3) is 0.316. The molecule has 5 heteroatoms. The predicted octanol–water partition coefficient (Wildman–Crippen LogP) is 3.41. The van der Waals surface area contributed by atoms with Gasteiger partial charge in [-0.25, -0.2) is 9.78 Å². The molecule has 1 saturated heterocycles. The molecule has 2 heterocycles. The van der Waals surface area contributed by atoms with Gasteiger partial charge in [-0.2, -0.15) is 0 Å². The quantitative estimate of drug-likeness (QED) is 0.809. The van der Waals surface area contributed by atoms with Crippen LogP contribution in [0.15, 0.2) is 48.5 Å². The number of hydrogen-bond acceptors (Lipinski definition) is 4. The van der Waals surface area contributed by atoms with E-state index in [0.717, 1.165) is 30.4 Å². The van der Waals surface area contributed by atoms with Gasteiger partial charge in [0.25, 0.3) is 0 Å². The number of likely N-dealkylation sites (tertiary alicyclic amines) is 1. The van der Waals surface area contributed by atoms with Crippen LogP contribution >= 0.6 is 0 Å². The molecule has 1 amide bonds. The molecule has 24 heavy (non-hydrogen) atoms. The highest BCUT2D eigenvalue weighted by atomic mass is 16.6. The molecule has 124 valence electrons. The highest BCUT2D eigenvalue weighted by Crippen LogP contribution is 2.27. The van der Waals surface area contributed by atoms with Crippen molar-refractivity contribution < 1.29 is 14.3 Å². The third-order valence-electron chi connectivity index (χ3n) is 4.29. The molecule has 5 nitrogen and oxygen atoms in total. The molecule has 2 aromatic rings. The van der Waals surface area contributed by atoms with E-state index < -0.39 is 0 Å². The largest absolute Gasteiger partial charge is 0.445 e. The topological polar surface area (TPSA) is 59.5 Å². The van der Waals surface area contributed by atoms with Crippen LogP contribution in [0.1, 0.15) is 40.5 Å². The molecule has 1 fully saturated rings. The summed E-state index contributed by atoms with van der Waals surface area (Å²) in [5.74, 6) is 0.281. The van der Waals surface area contributed by atoms with E-state index in [9.17, 15) is 9.59 Å². The molecular formula is C19H20N2O3. The van der Waals surface area contributed by atoms with Gasteiger partial charge in [0.1, 0.15) is 12.3 Å². The lowest BCUT2D eigenvalue weighted by Gasteiger charge is -2.31. The van der Waals surface area contributed by atoms with E-state index >= 15 is 0 Å². The summed E-state index contributed by atoms with van der Waals surface area (Å²) in [7, 11) is 0. The van der Waals surface area contributed by atoms with E-state index in [-0.39, 0.29) is 12.0 Å². The zero-order valence-corrected chi connectivity index (χ0v) is 13.4. The Morgan fingerprint density at radius 3 is 2.58 bits per heavy atom. The first kappa shape index (κ1) is 16.2. The van der Waals surface area contributed by atoms with Crippen LogP contribution in [0.25, 0.3) is 0 Å². The first-order chi connectivity index (χ1) is 11.8. The monoisotopic (exact) mass is 324 g/mol. The molecule has 1 aliphatic rings. The minimum absolute atomic E-state index is 0.271. The van der Waals surface area contributed by atoms with E-state index in [0.29, 0.717) is 25.4 Å². The van der Waals surface area contributed by atoms with Gasteiger partial charge >= 0.3 is 6.09 Å². The van der Waals surface area contributed by atoms with Crippen LogP contribution in [0, 0.1) is 0 Å². The Hall–Kier alpha value is -2.69. The van der Waals surface area contributed by atoms with Gasteiger partial charge in [-0.3, -0.25) is 4.79 Å². The summed E-state index contributed by atoms with van der Waals surface area (Å²) in [6.07, 6.45) is 2.15. The maximum atomic E-state index is 12.2. The van der Waals surface area contributed by atoms with Crippen molar-refractivity contribution >= 4 is 12.4 Å². The van der Waals surface area contributed by atoms with Gasteiger partial charge < -0.3 is 9.64 Å². The van der Waals surface area contributed by atoms with Crippen LogP contribution in [0.5, 0.6) is 0 Å². The van der Waals surface area contributed by atoms with Gasteiger partial charge in [-0.15, -0.1) is 0 Å². The molecule has 1 aliphatic heterocycles. The lowest BCUT2D eigenvalue weighted by Crippen LogP contribution is -2.38. The SMILES string of the molecule is O=Cc1cccc(C2CCN(C(=O)OCc3ccccc3)CC2)n1. The normalized spacial score (nSPS) is 15.1. The van der Waals surface area contributed by atoms with Crippen molar-refractivity contribution in [1.29, 1.82) is 0 Å². The van der Waals surface area contributed by atoms with Crippen LogP contribution < -0.4 is 0 Å². The summed E-state index contributed by atoms with van der Waals surface area (Å²) < 4.78 is 5.37. The van der Waals surface area contributed by atoms with Crippen molar-refractivity contribution in [2.24, 2.45) is 0 Å². The molecule has 0 spiro atoms. The van der Waals surface area contributed by atoms with Crippen molar-refractivity contribution in [3.63, 3.8) is 0 Å². The number of piperidine rings is 1. The van der Waals surface area contributed by atoms with Crippen LogP contribution in [0.4, 0.5) is 4.79 Å². The van der Waals surface area contributed by atoms with Gasteiger partial charge in [0.05, 0.1) is 0 Å². The van der Waals surface area contributed by atoms with E-state index in [1.165, 1.54) is 0 Å². The van der Waals surface area contributed by atoms with Gasteiger partial charge in [-0.05, 0) is 30.5 Å². The van der Waals surface area contributed by atoms with E-state index in [1.54, 1.807) is 11.0 Å². The maximum Gasteiger partial charge on any atom is 0.410 e. The molecule has 0 N–H and O–H groups in total. The molecule has 0 atom stereocenters. The fourth-order valence-electron chi connectivity index (χ4n) is 2.93. The molecule has 0 unspecified atom stereocenters. The number of aldehydes is 1. The van der Waals surface area contributed by atoms with Crippen LogP contribution in [-0.4, -0.2) is 35.4 Å². The number of hydrogen-bond donors (Lipinski definition) is 0. The lowest BCUT2D eigenvalue weighted by molar-refractivity contribution is 0.0868. The predicted molar refractivity (Wildman–Crippen MR) is 89.8 cm³/mol. The zero-order valence-electron chi connectivity index (χ0n) is 13.4. The molecule has 0 bridgehead atoms. The summed E-state index contributed by atoms with van der Waals surface area (Å²) in [6, 6.07) is 15.2. The van der Waals surface area contributed by atoms with E-state index in [4.69, 9.17) is 4.74 Å². The van der Waals surface area contributed by atoms with Crippen molar-refractivity contribution in [3.05, 3.63) is 65.5 Å². The number of carbonyl (C=O) groups is 2. The van der Waals surface area contributed by atoms with Gasteiger partial charge in [-0.1, -0.05) is 36.4 Å². The summed E-state index contributed by atoms with van der Waals surface area (Å²) >= 11 is 0. The standard InChI is InChI=1S/C19H20N2O3/c22-13-17-7-4-8-18(20-17)16-9-11-21(12-10-16)19(23)24-14-15-5-2-1-3-6-15/h1-8,13,16H,9-12,14H2. The lowest BCUT2D eigenvalue weighted by atomic mass is 9.93. The molecule has 0 aliphatic carbocycles. The minimum Gasteiger partial charge on any atom is -0.445 e. The van der Waals surface area contributed by atoms with Crippen molar-refractivity contribution in [3.8, 4) is 0 Å². The molecule has 0 saturated carbocycles. The smallest absolute Gasteiger partial charge is 0.410 e. The van der Waals surface area contributed by atoms with Crippen LogP contribution in [0.2, 0.25) is 0 Å². The third-order valence-corrected chi connectivity index (χ3v) is 4.29. The number of benzene rings is 1. The molecule has 1 aromatic heterocycles. The van der Waals surface area contributed by atoms with Crippen molar-refractivity contribution in [2.45, 2.75) is 25.4 Å². The Bertz CT molecular complexity index is 695. The third kappa shape index (κ3) is 3.98. The second-order valence-electron chi connectivity index (χ2n) is 5.91. The van der Waals surface area contributed by atoms with Gasteiger partial charge in [0.15, 0.2) is 6.29 Å². The highest BCUT2D eigenvalue weighted by Gasteiger charge is 2.25. The fourth-order valence-corrected chi connectivity index (χ4v) is 2.93. The molecular weight excluding hydrogens is 304 g/mol. The number of carbonyl (C=O) groups excluding carboxylic acids is 2. The first-order valence-corrected chi connectivity index (χ1v) is 8.14. The Kier molecular flexibility index (Phi) is 5.21. The zero-order chi connectivity index (χ0) is 16.8. The van der Waals surface area contributed by atoms with Gasteiger partial charge in [0.2, 0.25) is 0 Å². The minimum atomic E-state index is -0.271. The number of rotatable bonds is 4.